The molecular formula is C18H33NaO3. The van der Waals surface area contributed by atoms with Gasteiger partial charge in [-0.3, -0.25) is 0 Å². The van der Waals surface area contributed by atoms with Crippen LogP contribution in [-0.4, -0.2) is 17.2 Å². The predicted octanol–water partition coefficient (Wildman–Crippen LogP) is 0.749. The van der Waals surface area contributed by atoms with E-state index in [4.69, 9.17) is 5.11 Å². The first-order chi connectivity index (χ1) is 10.2. The van der Waals surface area contributed by atoms with E-state index in [1.54, 1.807) is 0 Å². The van der Waals surface area contributed by atoms with Crippen molar-refractivity contribution in [3.05, 3.63) is 12.2 Å². The maximum atomic E-state index is 10.3. The standard InChI is InChI=1S/C18H34O3.Na/c1-2-3-4-5-6-7-8-9-10-11-12-13-14-15-16-17(19)18(20)21;/h9-10,17,19H,2-8,11-16H2,1H3,(H,20,21);/q;+1/p-1/b10-9-;. The Labute approximate surface area is 158 Å². The third-order valence-electron chi connectivity index (χ3n) is 3.76. The molecule has 0 aliphatic rings. The van der Waals surface area contributed by atoms with E-state index in [-0.39, 0.29) is 29.6 Å². The Kier molecular flexibility index (Phi) is 21.3. The Morgan fingerprint density at radius 1 is 0.909 bits per heavy atom. The molecule has 0 aromatic heterocycles. The summed E-state index contributed by atoms with van der Waals surface area (Å²) in [5, 5.41) is 19.3. The molecule has 0 heterocycles. The fraction of sp³-hybridized carbons (Fsp3) is 0.833. The van der Waals surface area contributed by atoms with Gasteiger partial charge in [-0.25, -0.2) is 0 Å². The second kappa shape index (κ2) is 19.2. The molecule has 0 spiro atoms. The molecule has 0 aliphatic carbocycles. The van der Waals surface area contributed by atoms with Gasteiger partial charge in [0.05, 0.1) is 12.1 Å². The molecule has 0 bridgehead atoms. The largest absolute Gasteiger partial charge is 1.00 e. The molecular weight excluding hydrogens is 287 g/mol. The Hall–Kier alpha value is 0.170. The molecule has 124 valence electrons. The van der Waals surface area contributed by atoms with Crippen LogP contribution in [0.3, 0.4) is 0 Å². The minimum atomic E-state index is -1.35. The number of carbonyl (C=O) groups excluding carboxylic acids is 1. The minimum absolute atomic E-state index is 0. The molecule has 0 saturated heterocycles. The van der Waals surface area contributed by atoms with Crippen molar-refractivity contribution >= 4 is 5.97 Å². The molecule has 0 fully saturated rings. The van der Waals surface area contributed by atoms with Crippen molar-refractivity contribution in [1.82, 2.24) is 0 Å². The van der Waals surface area contributed by atoms with E-state index < -0.39 is 12.1 Å². The first kappa shape index (κ1) is 24.4. The fourth-order valence-electron chi connectivity index (χ4n) is 2.35. The van der Waals surface area contributed by atoms with Gasteiger partial charge in [-0.15, -0.1) is 0 Å². The maximum Gasteiger partial charge on any atom is 1.00 e. The molecule has 3 nitrogen and oxygen atoms in total. The first-order valence-electron chi connectivity index (χ1n) is 8.72. The summed E-state index contributed by atoms with van der Waals surface area (Å²) in [4.78, 5) is 10.3. The minimum Gasteiger partial charge on any atom is -0.547 e. The Morgan fingerprint density at radius 3 is 1.86 bits per heavy atom. The third kappa shape index (κ3) is 18.2. The van der Waals surface area contributed by atoms with E-state index in [9.17, 15) is 9.90 Å². The zero-order valence-corrected chi connectivity index (χ0v) is 16.7. The van der Waals surface area contributed by atoms with Crippen LogP contribution >= 0.6 is 0 Å². The van der Waals surface area contributed by atoms with Crippen LogP contribution in [0.4, 0.5) is 0 Å². The van der Waals surface area contributed by atoms with Gasteiger partial charge in [0.2, 0.25) is 0 Å². The van der Waals surface area contributed by atoms with E-state index in [1.807, 2.05) is 0 Å². The number of carbonyl (C=O) groups is 1. The number of carboxylic acids is 1. The van der Waals surface area contributed by atoms with Gasteiger partial charge >= 0.3 is 29.6 Å². The quantitative estimate of drug-likeness (QED) is 0.275. The zero-order chi connectivity index (χ0) is 15.8. The van der Waals surface area contributed by atoms with Gasteiger partial charge < -0.3 is 15.0 Å². The van der Waals surface area contributed by atoms with Crippen LogP contribution in [0.1, 0.15) is 90.4 Å². The van der Waals surface area contributed by atoms with Gasteiger partial charge in [-0.2, -0.15) is 0 Å². The molecule has 1 atom stereocenters. The van der Waals surface area contributed by atoms with Gasteiger partial charge in [0, 0.05) is 0 Å². The number of aliphatic hydroxyl groups excluding tert-OH is 1. The summed E-state index contributed by atoms with van der Waals surface area (Å²) in [7, 11) is 0. The van der Waals surface area contributed by atoms with Crippen LogP contribution in [-0.2, 0) is 4.79 Å². The molecule has 0 aromatic carbocycles. The number of unbranched alkanes of at least 4 members (excludes halogenated alkanes) is 10. The number of rotatable bonds is 15. The zero-order valence-electron chi connectivity index (χ0n) is 14.7. The van der Waals surface area contributed by atoms with Crippen LogP contribution in [0.2, 0.25) is 0 Å². The normalized spacial score (nSPS) is 12.3. The number of aliphatic hydroxyl groups is 1. The number of carboxylic acid groups (broad SMARTS) is 1. The van der Waals surface area contributed by atoms with Crippen LogP contribution in [0.25, 0.3) is 0 Å². The molecule has 1 unspecified atom stereocenters. The van der Waals surface area contributed by atoms with Crippen molar-refractivity contribution < 1.29 is 44.6 Å². The second-order valence-corrected chi connectivity index (χ2v) is 5.85. The summed E-state index contributed by atoms with van der Waals surface area (Å²) in [5.41, 5.74) is 0. The molecule has 4 heteroatoms. The van der Waals surface area contributed by atoms with E-state index in [2.05, 4.69) is 19.1 Å². The summed E-state index contributed by atoms with van der Waals surface area (Å²) >= 11 is 0. The summed E-state index contributed by atoms with van der Waals surface area (Å²) in [6.07, 6.45) is 18.0. The van der Waals surface area contributed by atoms with Gasteiger partial charge in [0.15, 0.2) is 0 Å². The number of hydrogen-bond donors (Lipinski definition) is 1. The number of allylic oxidation sites excluding steroid dienone is 2. The van der Waals surface area contributed by atoms with Gasteiger partial charge in [0.1, 0.15) is 0 Å². The Bertz CT molecular complexity index is 267. The number of hydrogen-bond acceptors (Lipinski definition) is 3. The average Bonchev–Trinajstić information content (AvgIpc) is 2.47. The second-order valence-electron chi connectivity index (χ2n) is 5.85. The van der Waals surface area contributed by atoms with Crippen LogP contribution in [0.15, 0.2) is 12.2 Å². The van der Waals surface area contributed by atoms with Crippen molar-refractivity contribution in [3.63, 3.8) is 0 Å². The van der Waals surface area contributed by atoms with Crippen molar-refractivity contribution in [2.45, 2.75) is 96.5 Å². The van der Waals surface area contributed by atoms with Crippen LogP contribution in [0, 0.1) is 0 Å². The molecule has 0 rings (SSSR count). The van der Waals surface area contributed by atoms with Crippen LogP contribution < -0.4 is 34.7 Å². The first-order valence-corrected chi connectivity index (χ1v) is 8.72. The molecule has 0 amide bonds. The SMILES string of the molecule is CCCCCCCC/C=C\CCCCCCC(O)C(=O)[O-].[Na+]. The van der Waals surface area contributed by atoms with E-state index in [1.165, 1.54) is 44.9 Å². The topological polar surface area (TPSA) is 60.4 Å². The number of aliphatic carboxylic acids is 1. The summed E-state index contributed by atoms with van der Waals surface area (Å²) in [6, 6.07) is 0. The Morgan fingerprint density at radius 2 is 1.36 bits per heavy atom. The van der Waals surface area contributed by atoms with E-state index in [0.29, 0.717) is 6.42 Å². The predicted molar refractivity (Wildman–Crippen MR) is 85.8 cm³/mol. The van der Waals surface area contributed by atoms with Gasteiger partial charge in [-0.05, 0) is 32.1 Å². The fourth-order valence-corrected chi connectivity index (χ4v) is 2.35. The molecule has 0 saturated carbocycles. The van der Waals surface area contributed by atoms with Crippen molar-refractivity contribution in [3.8, 4) is 0 Å². The summed E-state index contributed by atoms with van der Waals surface area (Å²) < 4.78 is 0. The van der Waals surface area contributed by atoms with Crippen molar-refractivity contribution in [1.29, 1.82) is 0 Å². The summed E-state index contributed by atoms with van der Waals surface area (Å²) in [5.74, 6) is -1.35. The maximum absolute atomic E-state index is 10.3. The molecule has 22 heavy (non-hydrogen) atoms. The third-order valence-corrected chi connectivity index (χ3v) is 3.76. The molecule has 1 N–H and O–H groups in total. The average molecular weight is 320 g/mol. The summed E-state index contributed by atoms with van der Waals surface area (Å²) in [6.45, 7) is 2.24. The molecule has 0 radical (unpaired) electrons. The smallest absolute Gasteiger partial charge is 0.547 e. The van der Waals surface area contributed by atoms with E-state index in [0.717, 1.165) is 32.1 Å². The van der Waals surface area contributed by atoms with Gasteiger partial charge in [0.25, 0.3) is 0 Å². The van der Waals surface area contributed by atoms with Crippen molar-refractivity contribution in [2.75, 3.05) is 0 Å². The Balaban J connectivity index is 0. The molecule has 0 aliphatic heterocycles. The van der Waals surface area contributed by atoms with Gasteiger partial charge in [-0.1, -0.05) is 70.4 Å². The monoisotopic (exact) mass is 320 g/mol. The van der Waals surface area contributed by atoms with Crippen LogP contribution in [0.5, 0.6) is 0 Å². The van der Waals surface area contributed by atoms with Crippen molar-refractivity contribution in [2.24, 2.45) is 0 Å². The molecule has 0 aromatic rings. The van der Waals surface area contributed by atoms with E-state index >= 15 is 0 Å².